The minimum Gasteiger partial charge on any atom is -0.481 e. The van der Waals surface area contributed by atoms with Gasteiger partial charge in [-0.2, -0.15) is 13.2 Å². The Kier molecular flexibility index (Phi) is 5.61. The molecule has 0 aromatic carbocycles. The molecule has 1 aliphatic rings. The highest BCUT2D eigenvalue weighted by atomic mass is 19.4. The quantitative estimate of drug-likeness (QED) is 0.759. The normalized spacial score (nSPS) is 25.2. The van der Waals surface area contributed by atoms with Crippen molar-refractivity contribution in [1.82, 2.24) is 4.90 Å². The molecule has 0 spiro atoms. The van der Waals surface area contributed by atoms with E-state index in [0.717, 1.165) is 0 Å². The van der Waals surface area contributed by atoms with Crippen LogP contribution in [-0.2, 0) is 9.53 Å². The molecular weight excluding hydrogens is 263 g/mol. The van der Waals surface area contributed by atoms with Crippen molar-refractivity contribution in [2.75, 3.05) is 19.8 Å². The average molecular weight is 283 g/mol. The SMILES string of the molecule is CC(C)N1C[C@@H](C(F)(F)F)C[C@H]1COCCC(=O)O. The first kappa shape index (κ1) is 16.2. The molecule has 0 aromatic heterocycles. The fourth-order valence-corrected chi connectivity index (χ4v) is 2.35. The summed E-state index contributed by atoms with van der Waals surface area (Å²) in [6, 6.07) is -0.277. The van der Waals surface area contributed by atoms with Crippen molar-refractivity contribution >= 4 is 5.97 Å². The van der Waals surface area contributed by atoms with Gasteiger partial charge in [0.15, 0.2) is 0 Å². The highest BCUT2D eigenvalue weighted by Crippen LogP contribution is 2.37. The lowest BCUT2D eigenvalue weighted by molar-refractivity contribution is -0.171. The average Bonchev–Trinajstić information content (AvgIpc) is 2.67. The summed E-state index contributed by atoms with van der Waals surface area (Å²) in [5.41, 5.74) is 0. The zero-order chi connectivity index (χ0) is 14.6. The van der Waals surface area contributed by atoms with Crippen LogP contribution in [0.15, 0.2) is 0 Å². The van der Waals surface area contributed by atoms with E-state index in [1.807, 2.05) is 13.8 Å². The maximum absolute atomic E-state index is 12.7. The molecule has 1 N–H and O–H groups in total. The second kappa shape index (κ2) is 6.56. The Hall–Kier alpha value is -0.820. The third-order valence-electron chi connectivity index (χ3n) is 3.35. The summed E-state index contributed by atoms with van der Waals surface area (Å²) < 4.78 is 43.3. The Morgan fingerprint density at radius 2 is 2.11 bits per heavy atom. The summed E-state index contributed by atoms with van der Waals surface area (Å²) >= 11 is 0. The van der Waals surface area contributed by atoms with Crippen molar-refractivity contribution in [3.63, 3.8) is 0 Å². The Balaban J connectivity index is 2.48. The number of likely N-dealkylation sites (tertiary alicyclic amines) is 1. The number of hydrogen-bond donors (Lipinski definition) is 1. The van der Waals surface area contributed by atoms with E-state index in [0.29, 0.717) is 0 Å². The van der Waals surface area contributed by atoms with Gasteiger partial charge < -0.3 is 9.84 Å². The number of halogens is 3. The van der Waals surface area contributed by atoms with Crippen molar-refractivity contribution in [2.45, 2.75) is 44.9 Å². The van der Waals surface area contributed by atoms with E-state index in [-0.39, 0.29) is 44.7 Å². The first-order valence-electron chi connectivity index (χ1n) is 6.33. The first-order chi connectivity index (χ1) is 8.71. The third-order valence-corrected chi connectivity index (χ3v) is 3.35. The predicted molar refractivity (Wildman–Crippen MR) is 62.9 cm³/mol. The predicted octanol–water partition coefficient (Wildman–Crippen LogP) is 2.14. The highest BCUT2D eigenvalue weighted by Gasteiger charge is 2.47. The molecule has 0 aliphatic carbocycles. The van der Waals surface area contributed by atoms with E-state index in [2.05, 4.69) is 0 Å². The molecule has 0 bridgehead atoms. The molecule has 0 unspecified atom stereocenters. The summed E-state index contributed by atoms with van der Waals surface area (Å²) in [4.78, 5) is 12.1. The number of aliphatic carboxylic acids is 1. The molecule has 0 saturated carbocycles. The summed E-state index contributed by atoms with van der Waals surface area (Å²) in [6.07, 6.45) is -4.28. The number of hydrogen-bond acceptors (Lipinski definition) is 3. The third kappa shape index (κ3) is 4.99. The van der Waals surface area contributed by atoms with Gasteiger partial charge in [0.05, 0.1) is 25.6 Å². The second-order valence-electron chi connectivity index (χ2n) is 5.14. The van der Waals surface area contributed by atoms with Gasteiger partial charge >= 0.3 is 12.1 Å². The fourth-order valence-electron chi connectivity index (χ4n) is 2.35. The van der Waals surface area contributed by atoms with E-state index in [4.69, 9.17) is 9.84 Å². The summed E-state index contributed by atoms with van der Waals surface area (Å²) in [5.74, 6) is -2.29. The van der Waals surface area contributed by atoms with Gasteiger partial charge in [0, 0.05) is 18.6 Å². The van der Waals surface area contributed by atoms with Crippen LogP contribution < -0.4 is 0 Å². The summed E-state index contributed by atoms with van der Waals surface area (Å²) in [5, 5.41) is 8.46. The van der Waals surface area contributed by atoms with Crippen LogP contribution in [-0.4, -0.2) is 54.0 Å². The lowest BCUT2D eigenvalue weighted by atomic mass is 10.1. The topological polar surface area (TPSA) is 49.8 Å². The van der Waals surface area contributed by atoms with E-state index in [1.165, 1.54) is 0 Å². The largest absolute Gasteiger partial charge is 0.481 e. The molecule has 112 valence electrons. The van der Waals surface area contributed by atoms with Gasteiger partial charge in [-0.15, -0.1) is 0 Å². The van der Waals surface area contributed by atoms with Gasteiger partial charge in [0.2, 0.25) is 0 Å². The van der Waals surface area contributed by atoms with Gasteiger partial charge in [0.25, 0.3) is 0 Å². The van der Waals surface area contributed by atoms with Gasteiger partial charge in [-0.3, -0.25) is 9.69 Å². The van der Waals surface area contributed by atoms with Crippen molar-refractivity contribution < 1.29 is 27.8 Å². The minimum absolute atomic E-state index is 0.00583. The molecule has 4 nitrogen and oxygen atoms in total. The van der Waals surface area contributed by atoms with Crippen LogP contribution in [0.1, 0.15) is 26.7 Å². The molecular formula is C12H20F3NO3. The van der Waals surface area contributed by atoms with Crippen LogP contribution in [0, 0.1) is 5.92 Å². The number of rotatable bonds is 6. The van der Waals surface area contributed by atoms with Gasteiger partial charge in [-0.1, -0.05) is 0 Å². The molecule has 0 radical (unpaired) electrons. The molecule has 7 heteroatoms. The maximum Gasteiger partial charge on any atom is 0.393 e. The van der Waals surface area contributed by atoms with Gasteiger partial charge in [-0.25, -0.2) is 0 Å². The van der Waals surface area contributed by atoms with Crippen LogP contribution in [0.4, 0.5) is 13.2 Å². The number of ether oxygens (including phenoxy) is 1. The van der Waals surface area contributed by atoms with Crippen LogP contribution in [0.2, 0.25) is 0 Å². The van der Waals surface area contributed by atoms with E-state index < -0.39 is 18.1 Å². The standard InChI is InChI=1S/C12H20F3NO3/c1-8(2)16-6-9(12(13,14)15)5-10(16)7-19-4-3-11(17)18/h8-10H,3-7H2,1-2H3,(H,17,18)/t9-,10-/m0/s1. The smallest absolute Gasteiger partial charge is 0.393 e. The molecule has 0 aromatic rings. The lowest BCUT2D eigenvalue weighted by Gasteiger charge is -2.28. The molecule has 1 rings (SSSR count). The lowest BCUT2D eigenvalue weighted by Crippen LogP contribution is -2.38. The Morgan fingerprint density at radius 1 is 1.47 bits per heavy atom. The summed E-state index contributed by atoms with van der Waals surface area (Å²) in [6.45, 7) is 3.88. The number of carbonyl (C=O) groups is 1. The number of alkyl halides is 3. The number of carboxylic acid groups (broad SMARTS) is 1. The fraction of sp³-hybridized carbons (Fsp3) is 0.917. The van der Waals surface area contributed by atoms with Crippen LogP contribution >= 0.6 is 0 Å². The molecule has 1 aliphatic heterocycles. The molecule has 1 saturated heterocycles. The number of nitrogens with zero attached hydrogens (tertiary/aromatic N) is 1. The van der Waals surface area contributed by atoms with Crippen LogP contribution in [0.25, 0.3) is 0 Å². The van der Waals surface area contributed by atoms with E-state index >= 15 is 0 Å². The van der Waals surface area contributed by atoms with E-state index in [9.17, 15) is 18.0 Å². The molecule has 2 atom stereocenters. The first-order valence-corrected chi connectivity index (χ1v) is 6.33. The molecule has 19 heavy (non-hydrogen) atoms. The van der Waals surface area contributed by atoms with Crippen molar-refractivity contribution in [2.24, 2.45) is 5.92 Å². The highest BCUT2D eigenvalue weighted by molar-refractivity contribution is 5.66. The van der Waals surface area contributed by atoms with Gasteiger partial charge in [-0.05, 0) is 20.3 Å². The zero-order valence-electron chi connectivity index (χ0n) is 11.1. The monoisotopic (exact) mass is 283 g/mol. The van der Waals surface area contributed by atoms with Crippen molar-refractivity contribution in [3.8, 4) is 0 Å². The molecule has 1 heterocycles. The second-order valence-corrected chi connectivity index (χ2v) is 5.14. The Bertz CT molecular complexity index is 307. The van der Waals surface area contributed by atoms with Crippen LogP contribution in [0.5, 0.6) is 0 Å². The Labute approximate surface area is 110 Å². The zero-order valence-corrected chi connectivity index (χ0v) is 11.1. The Morgan fingerprint density at radius 3 is 2.58 bits per heavy atom. The van der Waals surface area contributed by atoms with E-state index in [1.54, 1.807) is 4.90 Å². The van der Waals surface area contributed by atoms with Gasteiger partial charge in [0.1, 0.15) is 0 Å². The number of carboxylic acids is 1. The molecule has 0 amide bonds. The molecule has 1 fully saturated rings. The summed E-state index contributed by atoms with van der Waals surface area (Å²) in [7, 11) is 0. The van der Waals surface area contributed by atoms with Crippen LogP contribution in [0.3, 0.4) is 0 Å². The maximum atomic E-state index is 12.7. The van der Waals surface area contributed by atoms with Crippen molar-refractivity contribution in [3.05, 3.63) is 0 Å². The van der Waals surface area contributed by atoms with Crippen molar-refractivity contribution in [1.29, 1.82) is 0 Å². The minimum atomic E-state index is -4.18.